The Morgan fingerprint density at radius 2 is 2.14 bits per heavy atom. The van der Waals surface area contributed by atoms with Crippen molar-refractivity contribution in [2.45, 2.75) is 32.4 Å². The fourth-order valence-corrected chi connectivity index (χ4v) is 2.93. The molecule has 21 heavy (non-hydrogen) atoms. The number of nitrogens with zero attached hydrogens (tertiary/aromatic N) is 4. The minimum absolute atomic E-state index is 0.569. The van der Waals surface area contributed by atoms with Crippen LogP contribution in [0.15, 0.2) is 35.1 Å². The summed E-state index contributed by atoms with van der Waals surface area (Å²) in [4.78, 5) is 9.22. The largest absolute Gasteiger partial charge is 0.361 e. The molecule has 0 aliphatic carbocycles. The summed E-state index contributed by atoms with van der Waals surface area (Å²) < 4.78 is 5.13. The second-order valence-electron chi connectivity index (χ2n) is 5.71. The third kappa shape index (κ3) is 3.24. The van der Waals surface area contributed by atoms with Crippen LogP contribution in [0.4, 0.5) is 5.82 Å². The number of anilines is 1. The van der Waals surface area contributed by atoms with Gasteiger partial charge < -0.3 is 9.42 Å². The molecule has 0 bridgehead atoms. The lowest BCUT2D eigenvalue weighted by atomic mass is 10.0. The molecule has 0 aromatic carbocycles. The molecule has 1 saturated heterocycles. The van der Waals surface area contributed by atoms with Gasteiger partial charge in [0.15, 0.2) is 0 Å². The summed E-state index contributed by atoms with van der Waals surface area (Å²) in [5.74, 6) is 1.99. The molecule has 0 N–H and O–H groups in total. The van der Waals surface area contributed by atoms with Gasteiger partial charge in [-0.15, -0.1) is 0 Å². The molecule has 0 amide bonds. The Morgan fingerprint density at radius 1 is 1.33 bits per heavy atom. The molecule has 0 saturated carbocycles. The van der Waals surface area contributed by atoms with E-state index in [-0.39, 0.29) is 0 Å². The number of piperidine rings is 1. The zero-order chi connectivity index (χ0) is 14.7. The summed E-state index contributed by atoms with van der Waals surface area (Å²) in [7, 11) is 2.15. The summed E-state index contributed by atoms with van der Waals surface area (Å²) in [6, 6.07) is 6.65. The molecule has 1 fully saturated rings. The number of aryl methyl sites for hydroxylation is 1. The first-order chi connectivity index (χ1) is 10.2. The van der Waals surface area contributed by atoms with Crippen LogP contribution in [-0.2, 0) is 6.54 Å². The molecular formula is C16H22N4O. The number of hydrogen-bond donors (Lipinski definition) is 0. The molecule has 0 spiro atoms. The smallest absolute Gasteiger partial charge is 0.138 e. The monoisotopic (exact) mass is 286 g/mol. The van der Waals surface area contributed by atoms with Crippen molar-refractivity contribution in [2.75, 3.05) is 25.0 Å². The molecular weight excluding hydrogens is 264 g/mol. The first kappa shape index (κ1) is 14.1. The zero-order valence-electron chi connectivity index (χ0n) is 12.7. The van der Waals surface area contributed by atoms with Gasteiger partial charge in [-0.2, -0.15) is 0 Å². The molecule has 5 nitrogen and oxygen atoms in total. The fraction of sp³-hybridized carbons (Fsp3) is 0.500. The van der Waals surface area contributed by atoms with Crippen LogP contribution in [0, 0.1) is 6.92 Å². The molecule has 1 aliphatic rings. The standard InChI is InChI=1S/C16H22N4O/c1-13-14(11-18-21-13)12-20-9-6-15(7-10-20)19(2)16-5-3-4-8-17-16/h3-5,8,11,15H,6-7,9-10,12H2,1-2H3. The van der Waals surface area contributed by atoms with Gasteiger partial charge in [-0.25, -0.2) is 4.98 Å². The zero-order valence-corrected chi connectivity index (χ0v) is 12.7. The second kappa shape index (κ2) is 6.26. The Bertz CT molecular complexity index is 561. The Balaban J connectivity index is 1.54. The van der Waals surface area contributed by atoms with Crippen LogP contribution in [0.1, 0.15) is 24.2 Å². The Labute approximate surface area is 125 Å². The van der Waals surface area contributed by atoms with E-state index in [0.29, 0.717) is 6.04 Å². The number of pyridine rings is 1. The Morgan fingerprint density at radius 3 is 2.76 bits per heavy atom. The molecule has 2 aromatic rings. The van der Waals surface area contributed by atoms with Gasteiger partial charge in [-0.3, -0.25) is 4.90 Å². The summed E-state index contributed by atoms with van der Waals surface area (Å²) in [6.07, 6.45) is 6.02. The average molecular weight is 286 g/mol. The van der Waals surface area contributed by atoms with Crippen LogP contribution >= 0.6 is 0 Å². The van der Waals surface area contributed by atoms with Crippen molar-refractivity contribution >= 4 is 5.82 Å². The molecule has 2 aromatic heterocycles. The summed E-state index contributed by atoms with van der Waals surface area (Å²) in [6.45, 7) is 5.12. The van der Waals surface area contributed by atoms with Crippen LogP contribution in [-0.4, -0.2) is 41.2 Å². The van der Waals surface area contributed by atoms with Crippen molar-refractivity contribution in [3.05, 3.63) is 41.9 Å². The van der Waals surface area contributed by atoms with Gasteiger partial charge in [0.2, 0.25) is 0 Å². The van der Waals surface area contributed by atoms with Gasteiger partial charge in [-0.05, 0) is 31.9 Å². The normalized spacial score (nSPS) is 17.0. The van der Waals surface area contributed by atoms with E-state index < -0.39 is 0 Å². The van der Waals surface area contributed by atoms with Crippen molar-refractivity contribution in [3.8, 4) is 0 Å². The third-order valence-electron chi connectivity index (χ3n) is 4.36. The SMILES string of the molecule is Cc1oncc1CN1CCC(N(C)c2ccccn2)CC1. The van der Waals surface area contributed by atoms with E-state index in [1.54, 1.807) is 0 Å². The minimum Gasteiger partial charge on any atom is -0.361 e. The van der Waals surface area contributed by atoms with Crippen molar-refractivity contribution in [2.24, 2.45) is 0 Å². The molecule has 3 rings (SSSR count). The van der Waals surface area contributed by atoms with Crippen molar-refractivity contribution in [1.82, 2.24) is 15.0 Å². The van der Waals surface area contributed by atoms with Crippen LogP contribution in [0.5, 0.6) is 0 Å². The fourth-order valence-electron chi connectivity index (χ4n) is 2.93. The predicted molar refractivity (Wildman–Crippen MR) is 82.2 cm³/mol. The molecule has 5 heteroatoms. The maximum absolute atomic E-state index is 5.13. The van der Waals surface area contributed by atoms with E-state index in [1.165, 1.54) is 5.56 Å². The number of likely N-dealkylation sites (tertiary alicyclic amines) is 1. The van der Waals surface area contributed by atoms with Gasteiger partial charge in [0.05, 0.1) is 6.20 Å². The predicted octanol–water partition coefficient (Wildman–Crippen LogP) is 2.48. The van der Waals surface area contributed by atoms with Crippen molar-refractivity contribution in [1.29, 1.82) is 0 Å². The summed E-state index contributed by atoms with van der Waals surface area (Å²) in [5.41, 5.74) is 1.20. The summed E-state index contributed by atoms with van der Waals surface area (Å²) >= 11 is 0. The van der Waals surface area contributed by atoms with E-state index in [4.69, 9.17) is 4.52 Å². The Kier molecular flexibility index (Phi) is 4.20. The lowest BCUT2D eigenvalue weighted by Crippen LogP contribution is -2.43. The second-order valence-corrected chi connectivity index (χ2v) is 5.71. The maximum Gasteiger partial charge on any atom is 0.138 e. The third-order valence-corrected chi connectivity index (χ3v) is 4.36. The first-order valence-electron chi connectivity index (χ1n) is 7.50. The molecule has 0 unspecified atom stereocenters. The number of hydrogen-bond acceptors (Lipinski definition) is 5. The van der Waals surface area contributed by atoms with Gasteiger partial charge in [0.1, 0.15) is 11.6 Å². The molecule has 0 radical (unpaired) electrons. The van der Waals surface area contributed by atoms with Crippen molar-refractivity contribution in [3.63, 3.8) is 0 Å². The van der Waals surface area contributed by atoms with Crippen LogP contribution in [0.25, 0.3) is 0 Å². The minimum atomic E-state index is 0.569. The van der Waals surface area contributed by atoms with Gasteiger partial charge in [0, 0.05) is 44.5 Å². The number of aromatic nitrogens is 2. The lowest BCUT2D eigenvalue weighted by molar-refractivity contribution is 0.202. The highest BCUT2D eigenvalue weighted by molar-refractivity contribution is 5.38. The molecule has 0 atom stereocenters. The van der Waals surface area contributed by atoms with Gasteiger partial charge in [0.25, 0.3) is 0 Å². The first-order valence-corrected chi connectivity index (χ1v) is 7.50. The highest BCUT2D eigenvalue weighted by atomic mass is 16.5. The highest BCUT2D eigenvalue weighted by Gasteiger charge is 2.23. The van der Waals surface area contributed by atoms with E-state index in [1.807, 2.05) is 31.5 Å². The quantitative estimate of drug-likeness (QED) is 0.864. The van der Waals surface area contributed by atoms with E-state index in [0.717, 1.165) is 44.1 Å². The maximum atomic E-state index is 5.13. The van der Waals surface area contributed by atoms with E-state index in [9.17, 15) is 0 Å². The highest BCUT2D eigenvalue weighted by Crippen LogP contribution is 2.21. The molecule has 1 aliphatic heterocycles. The lowest BCUT2D eigenvalue weighted by Gasteiger charge is -2.37. The topological polar surface area (TPSA) is 45.4 Å². The molecule has 112 valence electrons. The van der Waals surface area contributed by atoms with Gasteiger partial charge >= 0.3 is 0 Å². The van der Waals surface area contributed by atoms with E-state index >= 15 is 0 Å². The van der Waals surface area contributed by atoms with Crippen LogP contribution < -0.4 is 4.90 Å². The Hall–Kier alpha value is -1.88. The van der Waals surface area contributed by atoms with Crippen molar-refractivity contribution < 1.29 is 4.52 Å². The molecule has 3 heterocycles. The average Bonchev–Trinajstić information content (AvgIpc) is 2.93. The van der Waals surface area contributed by atoms with Gasteiger partial charge in [-0.1, -0.05) is 11.2 Å². The van der Waals surface area contributed by atoms with Crippen LogP contribution in [0.3, 0.4) is 0 Å². The van der Waals surface area contributed by atoms with E-state index in [2.05, 4.69) is 33.1 Å². The van der Waals surface area contributed by atoms with Crippen LogP contribution in [0.2, 0.25) is 0 Å². The summed E-state index contributed by atoms with van der Waals surface area (Å²) in [5, 5.41) is 3.85. The number of rotatable bonds is 4.